The molecule has 3 atom stereocenters. The normalized spacial score (nSPS) is 31.7. The number of carbonyl (C=O) groups excluding carboxylic acids is 1. The molecule has 0 saturated carbocycles. The van der Waals surface area contributed by atoms with Crippen LogP contribution in [0.3, 0.4) is 0 Å². The molecular formula is C21H22FN3O2. The van der Waals surface area contributed by atoms with Crippen molar-refractivity contribution in [3.05, 3.63) is 59.7 Å². The van der Waals surface area contributed by atoms with Gasteiger partial charge in [0.2, 0.25) is 0 Å². The highest BCUT2D eigenvalue weighted by Crippen LogP contribution is 2.47. The third kappa shape index (κ3) is 2.62. The third-order valence-corrected chi connectivity index (χ3v) is 6.54. The average Bonchev–Trinajstić information content (AvgIpc) is 3.12. The Labute approximate surface area is 157 Å². The molecule has 4 aliphatic heterocycles. The Hall–Kier alpha value is -2.47. The van der Waals surface area contributed by atoms with E-state index in [9.17, 15) is 14.3 Å². The summed E-state index contributed by atoms with van der Waals surface area (Å²) < 4.78 is 13.4. The summed E-state index contributed by atoms with van der Waals surface area (Å²) in [5, 5.41) is 10.1. The zero-order valence-corrected chi connectivity index (χ0v) is 15.0. The van der Waals surface area contributed by atoms with Gasteiger partial charge in [0.25, 0.3) is 5.91 Å². The Bertz CT molecular complexity index is 864. The number of piperidine rings is 3. The molecule has 2 aromatic rings. The maximum atomic E-state index is 13.4. The fraction of sp³-hybridized carbons (Fsp3) is 0.429. The van der Waals surface area contributed by atoms with Crippen molar-refractivity contribution < 1.29 is 14.3 Å². The lowest BCUT2D eigenvalue weighted by atomic mass is 9.75. The van der Waals surface area contributed by atoms with E-state index in [1.807, 2.05) is 17.0 Å². The molecule has 1 N–H and O–H groups in total. The van der Waals surface area contributed by atoms with Gasteiger partial charge in [-0.2, -0.15) is 0 Å². The largest absolute Gasteiger partial charge is 0.505 e. The minimum atomic E-state index is -0.245. The molecule has 4 aliphatic rings. The van der Waals surface area contributed by atoms with Crippen LogP contribution in [0, 0.1) is 11.7 Å². The van der Waals surface area contributed by atoms with E-state index in [0.717, 1.165) is 31.5 Å². The first-order valence-electron chi connectivity index (χ1n) is 9.58. The van der Waals surface area contributed by atoms with E-state index >= 15 is 0 Å². The Kier molecular flexibility index (Phi) is 3.90. The standard InChI is InChI=1S/C21H22FN3O2/c22-15-5-3-13(4-6-15)16-12-25(21(27)18-17(26)2-1-9-23-18)19-14-7-10-24(11-8-14)20(16)19/h1-6,9,14,16,19-20,26H,7-8,10-12H2/t16-,19+,20+/m0/s1. The molecule has 4 saturated heterocycles. The summed E-state index contributed by atoms with van der Waals surface area (Å²) >= 11 is 0. The predicted octanol–water partition coefficient (Wildman–Crippen LogP) is 2.63. The summed E-state index contributed by atoms with van der Waals surface area (Å²) in [6.07, 6.45) is 3.72. The van der Waals surface area contributed by atoms with Crippen LogP contribution >= 0.6 is 0 Å². The molecule has 27 heavy (non-hydrogen) atoms. The number of amides is 1. The molecule has 4 fully saturated rings. The van der Waals surface area contributed by atoms with E-state index in [4.69, 9.17) is 0 Å². The molecule has 0 radical (unpaired) electrons. The van der Waals surface area contributed by atoms with Crippen LogP contribution in [0.25, 0.3) is 0 Å². The maximum Gasteiger partial charge on any atom is 0.276 e. The lowest BCUT2D eigenvalue weighted by Gasteiger charge is -2.51. The number of rotatable bonds is 2. The highest BCUT2D eigenvalue weighted by molar-refractivity contribution is 5.95. The highest BCUT2D eigenvalue weighted by Gasteiger charge is 2.55. The van der Waals surface area contributed by atoms with Crippen LogP contribution in [0.15, 0.2) is 42.6 Å². The van der Waals surface area contributed by atoms with Gasteiger partial charge in [-0.05, 0) is 61.7 Å². The van der Waals surface area contributed by atoms with Gasteiger partial charge in [0, 0.05) is 24.7 Å². The van der Waals surface area contributed by atoms with E-state index < -0.39 is 0 Å². The van der Waals surface area contributed by atoms with Crippen molar-refractivity contribution in [1.82, 2.24) is 14.8 Å². The minimum absolute atomic E-state index is 0.0782. The lowest BCUT2D eigenvalue weighted by Crippen LogP contribution is -2.60. The van der Waals surface area contributed by atoms with Crippen molar-refractivity contribution in [2.75, 3.05) is 19.6 Å². The monoisotopic (exact) mass is 367 g/mol. The number of aromatic nitrogens is 1. The molecule has 1 amide bonds. The SMILES string of the molecule is O=C(c1ncccc1O)N1C[C@@H](c2ccc(F)cc2)[C@@H]2[C@H]1C1CCN2CC1. The van der Waals surface area contributed by atoms with Crippen molar-refractivity contribution in [2.24, 2.45) is 5.92 Å². The molecule has 0 aliphatic carbocycles. The molecule has 5 heterocycles. The molecule has 1 aromatic heterocycles. The van der Waals surface area contributed by atoms with Crippen molar-refractivity contribution in [3.8, 4) is 5.75 Å². The van der Waals surface area contributed by atoms with Gasteiger partial charge < -0.3 is 10.0 Å². The van der Waals surface area contributed by atoms with Crippen molar-refractivity contribution in [2.45, 2.75) is 30.8 Å². The average molecular weight is 367 g/mol. The minimum Gasteiger partial charge on any atom is -0.505 e. The van der Waals surface area contributed by atoms with E-state index in [0.29, 0.717) is 12.5 Å². The van der Waals surface area contributed by atoms with Crippen LogP contribution in [-0.4, -0.2) is 57.5 Å². The Balaban J connectivity index is 1.53. The number of benzene rings is 1. The van der Waals surface area contributed by atoms with Gasteiger partial charge >= 0.3 is 0 Å². The van der Waals surface area contributed by atoms with Gasteiger partial charge in [-0.1, -0.05) is 12.1 Å². The smallest absolute Gasteiger partial charge is 0.276 e. The number of fused-ring (bicyclic) bond motifs is 2. The first-order valence-corrected chi connectivity index (χ1v) is 9.58. The lowest BCUT2D eigenvalue weighted by molar-refractivity contribution is -0.00366. The van der Waals surface area contributed by atoms with Gasteiger partial charge in [0.1, 0.15) is 11.6 Å². The summed E-state index contributed by atoms with van der Waals surface area (Å²) in [5.74, 6) is 0.0888. The van der Waals surface area contributed by atoms with Crippen molar-refractivity contribution in [3.63, 3.8) is 0 Å². The number of halogens is 1. The van der Waals surface area contributed by atoms with E-state index in [-0.39, 0.29) is 41.2 Å². The summed E-state index contributed by atoms with van der Waals surface area (Å²) in [6, 6.07) is 10.2. The van der Waals surface area contributed by atoms with Crippen molar-refractivity contribution in [1.29, 1.82) is 0 Å². The molecule has 2 bridgehead atoms. The number of pyridine rings is 1. The molecule has 6 rings (SSSR count). The zero-order valence-electron chi connectivity index (χ0n) is 15.0. The number of hydrogen-bond donors (Lipinski definition) is 1. The summed E-state index contributed by atoms with van der Waals surface area (Å²) in [5.41, 5.74) is 1.19. The molecule has 6 heteroatoms. The number of aromatic hydroxyl groups is 1. The fourth-order valence-electron chi connectivity index (χ4n) is 5.36. The fourth-order valence-corrected chi connectivity index (χ4v) is 5.36. The zero-order chi connectivity index (χ0) is 18.5. The molecular weight excluding hydrogens is 345 g/mol. The van der Waals surface area contributed by atoms with Gasteiger partial charge in [0.05, 0.1) is 6.04 Å². The van der Waals surface area contributed by atoms with Crippen LogP contribution in [0.4, 0.5) is 4.39 Å². The summed E-state index contributed by atoms with van der Waals surface area (Å²) in [7, 11) is 0. The van der Waals surface area contributed by atoms with E-state index in [1.165, 1.54) is 24.4 Å². The second-order valence-corrected chi connectivity index (χ2v) is 7.84. The number of nitrogens with zero attached hydrogens (tertiary/aromatic N) is 3. The number of carbonyl (C=O) groups is 1. The Morgan fingerprint density at radius 2 is 1.85 bits per heavy atom. The van der Waals surface area contributed by atoms with Crippen LogP contribution in [-0.2, 0) is 0 Å². The van der Waals surface area contributed by atoms with E-state index in [1.54, 1.807) is 6.07 Å². The first-order chi connectivity index (χ1) is 13.1. The number of likely N-dealkylation sites (tertiary alicyclic amines) is 1. The Morgan fingerprint density at radius 1 is 1.11 bits per heavy atom. The molecule has 140 valence electrons. The quantitative estimate of drug-likeness (QED) is 0.887. The molecule has 0 unspecified atom stereocenters. The third-order valence-electron chi connectivity index (χ3n) is 6.54. The van der Waals surface area contributed by atoms with Gasteiger partial charge in [0.15, 0.2) is 5.69 Å². The van der Waals surface area contributed by atoms with E-state index in [2.05, 4.69) is 9.88 Å². The van der Waals surface area contributed by atoms with Crippen LogP contribution < -0.4 is 0 Å². The summed E-state index contributed by atoms with van der Waals surface area (Å²) in [6.45, 7) is 2.68. The van der Waals surface area contributed by atoms with Crippen molar-refractivity contribution >= 4 is 5.91 Å². The van der Waals surface area contributed by atoms with Gasteiger partial charge in [-0.15, -0.1) is 0 Å². The van der Waals surface area contributed by atoms with Gasteiger partial charge in [-0.25, -0.2) is 9.37 Å². The molecule has 1 aromatic carbocycles. The van der Waals surface area contributed by atoms with Crippen LogP contribution in [0.5, 0.6) is 5.75 Å². The second kappa shape index (κ2) is 6.30. The topological polar surface area (TPSA) is 56.7 Å². The predicted molar refractivity (Wildman–Crippen MR) is 98.0 cm³/mol. The van der Waals surface area contributed by atoms with Gasteiger partial charge in [-0.3, -0.25) is 9.69 Å². The summed E-state index contributed by atoms with van der Waals surface area (Å²) in [4.78, 5) is 21.8. The molecule has 0 spiro atoms. The van der Waals surface area contributed by atoms with Crippen LogP contribution in [0.1, 0.15) is 34.8 Å². The Morgan fingerprint density at radius 3 is 2.56 bits per heavy atom. The second-order valence-electron chi connectivity index (χ2n) is 7.84. The highest BCUT2D eigenvalue weighted by atomic mass is 19.1. The van der Waals surface area contributed by atoms with Crippen LogP contribution in [0.2, 0.25) is 0 Å². The first kappa shape index (κ1) is 16.7. The number of hydrogen-bond acceptors (Lipinski definition) is 4. The maximum absolute atomic E-state index is 13.4. The molecule has 5 nitrogen and oxygen atoms in total.